The van der Waals surface area contributed by atoms with Crippen molar-refractivity contribution in [3.05, 3.63) is 18.2 Å². The SMILES string of the molecule is C#CCCC(N)c1nccn1C. The smallest absolute Gasteiger partial charge is 0.125 e. The molecule has 1 aromatic rings. The van der Waals surface area contributed by atoms with Crippen LogP contribution in [0.3, 0.4) is 0 Å². The van der Waals surface area contributed by atoms with Gasteiger partial charge in [-0.3, -0.25) is 0 Å². The molecule has 64 valence electrons. The van der Waals surface area contributed by atoms with Crippen molar-refractivity contribution in [3.63, 3.8) is 0 Å². The largest absolute Gasteiger partial charge is 0.337 e. The number of hydrogen-bond acceptors (Lipinski definition) is 2. The first-order chi connectivity index (χ1) is 5.75. The van der Waals surface area contributed by atoms with E-state index in [0.29, 0.717) is 6.42 Å². The maximum atomic E-state index is 5.85. The van der Waals surface area contributed by atoms with Crippen molar-refractivity contribution in [2.24, 2.45) is 12.8 Å². The highest BCUT2D eigenvalue weighted by Gasteiger charge is 2.08. The molecule has 0 radical (unpaired) electrons. The molecule has 0 aliphatic heterocycles. The van der Waals surface area contributed by atoms with E-state index in [9.17, 15) is 0 Å². The van der Waals surface area contributed by atoms with Crippen molar-refractivity contribution in [3.8, 4) is 12.3 Å². The molecule has 1 atom stereocenters. The van der Waals surface area contributed by atoms with E-state index >= 15 is 0 Å². The highest BCUT2D eigenvalue weighted by atomic mass is 15.1. The van der Waals surface area contributed by atoms with E-state index in [1.807, 2.05) is 17.8 Å². The Morgan fingerprint density at radius 3 is 3.08 bits per heavy atom. The number of terminal acetylenes is 1. The molecule has 2 N–H and O–H groups in total. The molecule has 12 heavy (non-hydrogen) atoms. The van der Waals surface area contributed by atoms with Crippen LogP contribution < -0.4 is 5.73 Å². The number of aryl methyl sites for hydroxylation is 1. The van der Waals surface area contributed by atoms with Crippen LogP contribution >= 0.6 is 0 Å². The minimum absolute atomic E-state index is 0.0407. The normalized spacial score (nSPS) is 12.4. The lowest BCUT2D eigenvalue weighted by Gasteiger charge is -2.08. The van der Waals surface area contributed by atoms with Crippen molar-refractivity contribution in [2.75, 3.05) is 0 Å². The minimum Gasteiger partial charge on any atom is -0.337 e. The van der Waals surface area contributed by atoms with Gasteiger partial charge < -0.3 is 10.3 Å². The molecule has 3 heteroatoms. The molecule has 1 rings (SSSR count). The van der Waals surface area contributed by atoms with E-state index in [0.717, 1.165) is 12.2 Å². The molecule has 0 aliphatic rings. The predicted octanol–water partition coefficient (Wildman–Crippen LogP) is 0.833. The Bertz CT molecular complexity index is 282. The average molecular weight is 163 g/mol. The van der Waals surface area contributed by atoms with Crippen LogP contribution in [0.15, 0.2) is 12.4 Å². The molecule has 1 heterocycles. The highest BCUT2D eigenvalue weighted by Crippen LogP contribution is 2.11. The zero-order chi connectivity index (χ0) is 8.97. The second-order valence-corrected chi connectivity index (χ2v) is 2.75. The maximum Gasteiger partial charge on any atom is 0.125 e. The monoisotopic (exact) mass is 163 g/mol. The molecule has 0 aromatic carbocycles. The molecule has 0 saturated heterocycles. The fourth-order valence-electron chi connectivity index (χ4n) is 1.10. The molecule has 3 nitrogen and oxygen atoms in total. The summed E-state index contributed by atoms with van der Waals surface area (Å²) in [4.78, 5) is 4.14. The van der Waals surface area contributed by atoms with Crippen LogP contribution in [-0.4, -0.2) is 9.55 Å². The molecule has 0 amide bonds. The molecule has 1 unspecified atom stereocenters. The predicted molar refractivity (Wildman–Crippen MR) is 48.2 cm³/mol. The Kier molecular flexibility index (Phi) is 2.89. The number of nitrogens with zero attached hydrogens (tertiary/aromatic N) is 2. The van der Waals surface area contributed by atoms with Crippen LogP contribution in [-0.2, 0) is 7.05 Å². The fraction of sp³-hybridized carbons (Fsp3) is 0.444. The average Bonchev–Trinajstić information content (AvgIpc) is 2.47. The van der Waals surface area contributed by atoms with Crippen molar-refractivity contribution in [1.82, 2.24) is 9.55 Å². The van der Waals surface area contributed by atoms with Crippen LogP contribution in [0.25, 0.3) is 0 Å². The Hall–Kier alpha value is -1.27. The van der Waals surface area contributed by atoms with E-state index < -0.39 is 0 Å². The van der Waals surface area contributed by atoms with Gasteiger partial charge in [-0.25, -0.2) is 4.98 Å². The van der Waals surface area contributed by atoms with Gasteiger partial charge >= 0.3 is 0 Å². The first-order valence-electron chi connectivity index (χ1n) is 3.92. The van der Waals surface area contributed by atoms with Gasteiger partial charge in [0.05, 0.1) is 6.04 Å². The number of hydrogen-bond donors (Lipinski definition) is 1. The third-order valence-electron chi connectivity index (χ3n) is 1.79. The van der Waals surface area contributed by atoms with E-state index in [1.165, 1.54) is 0 Å². The third kappa shape index (κ3) is 1.86. The topological polar surface area (TPSA) is 43.8 Å². The van der Waals surface area contributed by atoms with Gasteiger partial charge in [-0.15, -0.1) is 12.3 Å². The van der Waals surface area contributed by atoms with Crippen LogP contribution in [0.2, 0.25) is 0 Å². The third-order valence-corrected chi connectivity index (χ3v) is 1.79. The Morgan fingerprint density at radius 2 is 2.58 bits per heavy atom. The summed E-state index contributed by atoms with van der Waals surface area (Å²) in [5.74, 6) is 3.46. The lowest BCUT2D eigenvalue weighted by Crippen LogP contribution is -2.14. The van der Waals surface area contributed by atoms with Crippen LogP contribution in [0.1, 0.15) is 24.7 Å². The van der Waals surface area contributed by atoms with Gasteiger partial charge in [0.25, 0.3) is 0 Å². The molecular weight excluding hydrogens is 150 g/mol. The molecule has 0 saturated carbocycles. The van der Waals surface area contributed by atoms with Gasteiger partial charge in [0, 0.05) is 25.9 Å². The van der Waals surface area contributed by atoms with Gasteiger partial charge in [-0.1, -0.05) is 0 Å². The Labute approximate surface area is 72.6 Å². The second-order valence-electron chi connectivity index (χ2n) is 2.75. The summed E-state index contributed by atoms with van der Waals surface area (Å²) in [6, 6.07) is -0.0407. The summed E-state index contributed by atoms with van der Waals surface area (Å²) in [6.07, 6.45) is 10.3. The maximum absolute atomic E-state index is 5.85. The molecular formula is C9H13N3. The van der Waals surface area contributed by atoms with Gasteiger partial charge in [-0.05, 0) is 6.42 Å². The number of imidazole rings is 1. The van der Waals surface area contributed by atoms with Gasteiger partial charge in [0.2, 0.25) is 0 Å². The fourth-order valence-corrected chi connectivity index (χ4v) is 1.10. The minimum atomic E-state index is -0.0407. The zero-order valence-electron chi connectivity index (χ0n) is 7.20. The van der Waals surface area contributed by atoms with E-state index in [4.69, 9.17) is 12.2 Å². The van der Waals surface area contributed by atoms with Crippen molar-refractivity contribution in [2.45, 2.75) is 18.9 Å². The number of rotatable bonds is 3. The molecule has 0 aliphatic carbocycles. The quantitative estimate of drug-likeness (QED) is 0.671. The van der Waals surface area contributed by atoms with Crippen LogP contribution in [0.4, 0.5) is 0 Å². The summed E-state index contributed by atoms with van der Waals surface area (Å²) in [6.45, 7) is 0. The van der Waals surface area contributed by atoms with Crippen molar-refractivity contribution >= 4 is 0 Å². The van der Waals surface area contributed by atoms with Gasteiger partial charge in [0.15, 0.2) is 0 Å². The second kappa shape index (κ2) is 3.93. The molecule has 1 aromatic heterocycles. The summed E-state index contributed by atoms with van der Waals surface area (Å²) in [5, 5.41) is 0. The Morgan fingerprint density at radius 1 is 1.83 bits per heavy atom. The first-order valence-corrected chi connectivity index (χ1v) is 3.92. The van der Waals surface area contributed by atoms with Crippen molar-refractivity contribution in [1.29, 1.82) is 0 Å². The van der Waals surface area contributed by atoms with E-state index in [1.54, 1.807) is 6.20 Å². The highest BCUT2D eigenvalue weighted by molar-refractivity contribution is 4.99. The van der Waals surface area contributed by atoms with E-state index in [2.05, 4.69) is 10.9 Å². The number of nitrogens with two attached hydrogens (primary N) is 1. The number of aromatic nitrogens is 2. The lowest BCUT2D eigenvalue weighted by molar-refractivity contribution is 0.598. The first kappa shape index (κ1) is 8.82. The Balaban J connectivity index is 2.60. The summed E-state index contributed by atoms with van der Waals surface area (Å²) in [7, 11) is 1.93. The van der Waals surface area contributed by atoms with Crippen molar-refractivity contribution < 1.29 is 0 Å². The molecule has 0 bridgehead atoms. The lowest BCUT2D eigenvalue weighted by atomic mass is 10.1. The van der Waals surface area contributed by atoms with Crippen LogP contribution in [0.5, 0.6) is 0 Å². The van der Waals surface area contributed by atoms with Crippen LogP contribution in [0, 0.1) is 12.3 Å². The van der Waals surface area contributed by atoms with Gasteiger partial charge in [0.1, 0.15) is 5.82 Å². The summed E-state index contributed by atoms with van der Waals surface area (Å²) in [5.41, 5.74) is 5.85. The molecule has 0 spiro atoms. The van der Waals surface area contributed by atoms with Gasteiger partial charge in [-0.2, -0.15) is 0 Å². The summed E-state index contributed by atoms with van der Waals surface area (Å²) >= 11 is 0. The summed E-state index contributed by atoms with van der Waals surface area (Å²) < 4.78 is 1.92. The standard InChI is InChI=1S/C9H13N3/c1-3-4-5-8(10)9-11-6-7-12(9)2/h1,6-8H,4-5,10H2,2H3. The molecule has 0 fully saturated rings. The zero-order valence-corrected chi connectivity index (χ0v) is 7.20. The van der Waals surface area contributed by atoms with E-state index in [-0.39, 0.29) is 6.04 Å².